The van der Waals surface area contributed by atoms with Crippen molar-refractivity contribution < 1.29 is 0 Å². The summed E-state index contributed by atoms with van der Waals surface area (Å²) in [7, 11) is 0. The molecule has 0 bridgehead atoms. The first-order chi connectivity index (χ1) is 13.4. The zero-order chi connectivity index (χ0) is 18.7. The topological polar surface area (TPSA) is 0 Å². The lowest BCUT2D eigenvalue weighted by molar-refractivity contribution is 0.552. The van der Waals surface area contributed by atoms with E-state index in [9.17, 15) is 0 Å². The fourth-order valence-corrected chi connectivity index (χ4v) is 4.16. The van der Waals surface area contributed by atoms with Gasteiger partial charge in [0.05, 0.1) is 0 Å². The summed E-state index contributed by atoms with van der Waals surface area (Å²) in [5.41, 5.74) is 1.52. The number of hydrogen-bond donors (Lipinski definition) is 0. The molecule has 0 heterocycles. The summed E-state index contributed by atoms with van der Waals surface area (Å²) in [6, 6.07) is 20.2. The number of hydrogen-bond acceptors (Lipinski definition) is 0. The van der Waals surface area contributed by atoms with E-state index in [0.29, 0.717) is 0 Å². The van der Waals surface area contributed by atoms with Gasteiger partial charge in [0.25, 0.3) is 0 Å². The lowest BCUT2D eigenvalue weighted by Crippen LogP contribution is -1.89. The van der Waals surface area contributed by atoms with Crippen LogP contribution in [0.1, 0.15) is 76.2 Å². The highest BCUT2D eigenvalue weighted by Crippen LogP contribution is 2.26. The fourth-order valence-electron chi connectivity index (χ4n) is 4.16. The van der Waals surface area contributed by atoms with Crippen molar-refractivity contribution in [3.8, 4) is 0 Å². The number of benzene rings is 3. The Morgan fingerprint density at radius 2 is 1.07 bits per heavy atom. The molecule has 0 saturated heterocycles. The molecule has 27 heavy (non-hydrogen) atoms. The second-order valence-electron chi connectivity index (χ2n) is 7.98. The van der Waals surface area contributed by atoms with Crippen molar-refractivity contribution in [3.63, 3.8) is 0 Å². The molecular formula is C27H35. The summed E-state index contributed by atoms with van der Waals surface area (Å²) in [6.07, 6.45) is 16.2. The molecule has 0 heteroatoms. The van der Waals surface area contributed by atoms with Gasteiger partial charge >= 0.3 is 0 Å². The average Bonchev–Trinajstić information content (AvgIpc) is 2.70. The molecule has 0 N–H and O–H groups in total. The molecule has 0 amide bonds. The lowest BCUT2D eigenvalue weighted by Gasteiger charge is -2.09. The molecule has 0 aromatic heterocycles. The zero-order valence-corrected chi connectivity index (χ0v) is 16.9. The van der Waals surface area contributed by atoms with Crippen molar-refractivity contribution >= 4 is 21.5 Å². The Balaban J connectivity index is 1.41. The Bertz CT molecular complexity index is 815. The normalized spacial score (nSPS) is 11.4. The van der Waals surface area contributed by atoms with Crippen LogP contribution < -0.4 is 0 Å². The standard InChI is InChI=1S/C27H35/c1-2-3-4-5-6-7-8-9-10-11-12-16-23-19-15-20-26-21-24-17-13-14-18-25(24)22-27(23)26/h13-15,17-22H,1-12,16H2. The summed E-state index contributed by atoms with van der Waals surface area (Å²) in [5, 5.41) is 5.52. The molecule has 0 saturated carbocycles. The van der Waals surface area contributed by atoms with E-state index >= 15 is 0 Å². The Morgan fingerprint density at radius 1 is 0.519 bits per heavy atom. The van der Waals surface area contributed by atoms with Crippen LogP contribution in [-0.4, -0.2) is 0 Å². The molecule has 1 radical (unpaired) electrons. The summed E-state index contributed by atoms with van der Waals surface area (Å²) in [5.74, 6) is 0. The number of fused-ring (bicyclic) bond motifs is 2. The van der Waals surface area contributed by atoms with Crippen molar-refractivity contribution in [1.82, 2.24) is 0 Å². The zero-order valence-electron chi connectivity index (χ0n) is 16.9. The monoisotopic (exact) mass is 359 g/mol. The van der Waals surface area contributed by atoms with E-state index in [2.05, 4.69) is 61.5 Å². The Hall–Kier alpha value is -1.82. The van der Waals surface area contributed by atoms with E-state index in [0.717, 1.165) is 6.42 Å². The molecule has 0 spiro atoms. The first kappa shape index (κ1) is 19.9. The molecule has 0 aliphatic carbocycles. The van der Waals surface area contributed by atoms with Gasteiger partial charge < -0.3 is 0 Å². The number of aryl methyl sites for hydroxylation is 1. The van der Waals surface area contributed by atoms with Gasteiger partial charge in [0.1, 0.15) is 0 Å². The average molecular weight is 360 g/mol. The van der Waals surface area contributed by atoms with Crippen LogP contribution in [0.4, 0.5) is 0 Å². The van der Waals surface area contributed by atoms with Crippen LogP contribution in [0.2, 0.25) is 0 Å². The maximum atomic E-state index is 3.91. The van der Waals surface area contributed by atoms with Gasteiger partial charge in [-0.05, 0) is 52.1 Å². The van der Waals surface area contributed by atoms with E-state index in [4.69, 9.17) is 0 Å². The smallest absolute Gasteiger partial charge is 0.0146 e. The Morgan fingerprint density at radius 3 is 1.74 bits per heavy atom. The molecule has 0 fully saturated rings. The summed E-state index contributed by atoms with van der Waals surface area (Å²) in [4.78, 5) is 0. The van der Waals surface area contributed by atoms with Gasteiger partial charge in [-0.1, -0.05) is 114 Å². The third kappa shape index (κ3) is 6.09. The minimum Gasteiger partial charge on any atom is -0.0616 e. The van der Waals surface area contributed by atoms with Crippen molar-refractivity contribution in [1.29, 1.82) is 0 Å². The molecule has 0 nitrogen and oxygen atoms in total. The Kier molecular flexibility index (Phi) is 8.21. The summed E-state index contributed by atoms with van der Waals surface area (Å²) >= 11 is 0. The predicted molar refractivity (Wildman–Crippen MR) is 121 cm³/mol. The minimum absolute atomic E-state index is 1.10. The van der Waals surface area contributed by atoms with Gasteiger partial charge in [0, 0.05) is 0 Å². The van der Waals surface area contributed by atoms with E-state index < -0.39 is 0 Å². The predicted octanol–water partition coefficient (Wildman–Crippen LogP) is 8.66. The van der Waals surface area contributed by atoms with E-state index in [1.165, 1.54) is 97.7 Å². The molecular weight excluding hydrogens is 324 g/mol. The van der Waals surface area contributed by atoms with Crippen molar-refractivity contribution in [2.45, 2.75) is 77.0 Å². The van der Waals surface area contributed by atoms with Gasteiger partial charge in [-0.2, -0.15) is 0 Å². The van der Waals surface area contributed by atoms with Crippen molar-refractivity contribution in [3.05, 3.63) is 67.1 Å². The van der Waals surface area contributed by atoms with Crippen molar-refractivity contribution in [2.24, 2.45) is 0 Å². The first-order valence-electron chi connectivity index (χ1n) is 11.1. The second-order valence-corrected chi connectivity index (χ2v) is 7.98. The van der Waals surface area contributed by atoms with E-state index in [1.54, 1.807) is 0 Å². The summed E-state index contributed by atoms with van der Waals surface area (Å²) in [6.45, 7) is 3.91. The molecule has 0 aliphatic heterocycles. The van der Waals surface area contributed by atoms with Gasteiger partial charge in [0.2, 0.25) is 0 Å². The van der Waals surface area contributed by atoms with Crippen LogP contribution in [0.15, 0.2) is 54.6 Å². The van der Waals surface area contributed by atoms with Crippen LogP contribution in [-0.2, 0) is 6.42 Å². The van der Waals surface area contributed by atoms with Gasteiger partial charge in [-0.3, -0.25) is 0 Å². The minimum atomic E-state index is 1.10. The molecule has 3 rings (SSSR count). The van der Waals surface area contributed by atoms with Gasteiger partial charge in [0.15, 0.2) is 0 Å². The third-order valence-corrected chi connectivity index (χ3v) is 5.78. The SMILES string of the molecule is [CH2]CCCCCCCCCCCCc1cccc2cc3ccccc3cc12. The Labute approximate surface area is 166 Å². The highest BCUT2D eigenvalue weighted by atomic mass is 14.1. The van der Waals surface area contributed by atoms with E-state index in [1.807, 2.05) is 0 Å². The fraction of sp³-hybridized carbons (Fsp3) is 0.444. The maximum absolute atomic E-state index is 3.91. The van der Waals surface area contributed by atoms with Crippen LogP contribution in [0.25, 0.3) is 21.5 Å². The lowest BCUT2D eigenvalue weighted by atomic mass is 9.96. The largest absolute Gasteiger partial charge is 0.0616 e. The van der Waals surface area contributed by atoms with Crippen LogP contribution in [0.5, 0.6) is 0 Å². The third-order valence-electron chi connectivity index (χ3n) is 5.78. The number of rotatable bonds is 12. The van der Waals surface area contributed by atoms with Crippen molar-refractivity contribution in [2.75, 3.05) is 0 Å². The highest BCUT2D eigenvalue weighted by Gasteiger charge is 2.03. The molecule has 0 aliphatic rings. The first-order valence-corrected chi connectivity index (χ1v) is 11.1. The quantitative estimate of drug-likeness (QED) is 0.224. The van der Waals surface area contributed by atoms with Gasteiger partial charge in [-0.25, -0.2) is 0 Å². The molecule has 143 valence electrons. The molecule has 0 atom stereocenters. The number of unbranched alkanes of at least 4 members (excludes halogenated alkanes) is 10. The second kappa shape index (κ2) is 11.1. The van der Waals surface area contributed by atoms with Gasteiger partial charge in [-0.15, -0.1) is 0 Å². The summed E-state index contributed by atoms with van der Waals surface area (Å²) < 4.78 is 0. The molecule has 3 aromatic rings. The molecule has 0 unspecified atom stereocenters. The van der Waals surface area contributed by atoms with Crippen LogP contribution in [0.3, 0.4) is 0 Å². The van der Waals surface area contributed by atoms with Crippen LogP contribution >= 0.6 is 0 Å². The maximum Gasteiger partial charge on any atom is -0.0146 e. The highest BCUT2D eigenvalue weighted by molar-refractivity contribution is 5.99. The van der Waals surface area contributed by atoms with E-state index in [-0.39, 0.29) is 0 Å². The molecule has 3 aromatic carbocycles. The van der Waals surface area contributed by atoms with Crippen LogP contribution in [0, 0.1) is 6.92 Å².